The van der Waals surface area contributed by atoms with Crippen molar-refractivity contribution in [3.8, 4) is 0 Å². The van der Waals surface area contributed by atoms with E-state index in [9.17, 15) is 4.79 Å². The van der Waals surface area contributed by atoms with Crippen molar-refractivity contribution in [2.45, 2.75) is 26.7 Å². The summed E-state index contributed by atoms with van der Waals surface area (Å²) in [7, 11) is 0. The highest BCUT2D eigenvalue weighted by molar-refractivity contribution is 5.80. The summed E-state index contributed by atoms with van der Waals surface area (Å²) < 4.78 is 0. The minimum absolute atomic E-state index is 0.155. The van der Waals surface area contributed by atoms with Gasteiger partial charge in [-0.1, -0.05) is 6.07 Å². The number of nitrogens with one attached hydrogen (secondary N) is 2. The predicted molar refractivity (Wildman–Crippen MR) is 102 cm³/mol. The highest BCUT2D eigenvalue weighted by atomic mass is 16.2. The van der Waals surface area contributed by atoms with Gasteiger partial charge in [-0.05, 0) is 31.9 Å². The third-order valence-electron chi connectivity index (χ3n) is 4.18. The molecule has 1 saturated heterocycles. The largest absolute Gasteiger partial charge is 0.370 e. The highest BCUT2D eigenvalue weighted by Crippen LogP contribution is 2.04. The molecule has 1 amide bonds. The van der Waals surface area contributed by atoms with Crippen LogP contribution in [0, 0.1) is 0 Å². The third-order valence-corrected chi connectivity index (χ3v) is 4.18. The lowest BCUT2D eigenvalue weighted by Crippen LogP contribution is -2.53. The third kappa shape index (κ3) is 6.60. The van der Waals surface area contributed by atoms with Gasteiger partial charge >= 0.3 is 0 Å². The molecule has 1 aromatic heterocycles. The first kappa shape index (κ1) is 19.0. The number of hydrogen-bond acceptors (Lipinski definition) is 4. The Morgan fingerprint density at radius 2 is 1.96 bits per heavy atom. The lowest BCUT2D eigenvalue weighted by molar-refractivity contribution is -0.130. The highest BCUT2D eigenvalue weighted by Gasteiger charge is 2.20. The van der Waals surface area contributed by atoms with Crippen LogP contribution in [0.2, 0.25) is 0 Å². The Morgan fingerprint density at radius 3 is 2.60 bits per heavy atom. The van der Waals surface area contributed by atoms with Crippen LogP contribution in [0.15, 0.2) is 29.4 Å². The summed E-state index contributed by atoms with van der Waals surface area (Å²) in [5, 5.41) is 6.67. The van der Waals surface area contributed by atoms with Crippen LogP contribution in [0.5, 0.6) is 0 Å². The van der Waals surface area contributed by atoms with Gasteiger partial charge in [0.1, 0.15) is 5.82 Å². The van der Waals surface area contributed by atoms with Crippen molar-refractivity contribution >= 4 is 17.7 Å². The van der Waals surface area contributed by atoms with Crippen LogP contribution in [0.3, 0.4) is 0 Å². The minimum Gasteiger partial charge on any atom is -0.370 e. The van der Waals surface area contributed by atoms with E-state index in [4.69, 9.17) is 4.99 Å². The molecule has 0 unspecified atom stereocenters. The summed E-state index contributed by atoms with van der Waals surface area (Å²) in [6.45, 7) is 9.50. The van der Waals surface area contributed by atoms with Crippen molar-refractivity contribution < 1.29 is 4.79 Å². The van der Waals surface area contributed by atoms with Crippen LogP contribution in [0.4, 0.5) is 5.82 Å². The van der Waals surface area contributed by atoms with Gasteiger partial charge in [-0.3, -0.25) is 9.79 Å². The summed E-state index contributed by atoms with van der Waals surface area (Å²) in [6.07, 6.45) is 3.88. The molecule has 7 nitrogen and oxygen atoms in total. The molecule has 1 aromatic rings. The van der Waals surface area contributed by atoms with Gasteiger partial charge in [0, 0.05) is 58.9 Å². The zero-order valence-electron chi connectivity index (χ0n) is 15.4. The van der Waals surface area contributed by atoms with Gasteiger partial charge in [0.2, 0.25) is 5.91 Å². The van der Waals surface area contributed by atoms with Crippen LogP contribution < -0.4 is 10.6 Å². The van der Waals surface area contributed by atoms with E-state index in [0.29, 0.717) is 0 Å². The summed E-state index contributed by atoms with van der Waals surface area (Å²) in [4.78, 5) is 24.5. The zero-order chi connectivity index (χ0) is 17.9. The molecule has 7 heteroatoms. The molecule has 0 aliphatic carbocycles. The molecule has 0 saturated carbocycles. The Kier molecular flexibility index (Phi) is 8.01. The zero-order valence-corrected chi connectivity index (χ0v) is 15.4. The van der Waals surface area contributed by atoms with E-state index >= 15 is 0 Å². The van der Waals surface area contributed by atoms with Crippen molar-refractivity contribution in [3.63, 3.8) is 0 Å². The summed E-state index contributed by atoms with van der Waals surface area (Å²) in [6, 6.07) is 5.87. The van der Waals surface area contributed by atoms with Crippen LogP contribution in [-0.4, -0.2) is 72.5 Å². The number of carbonyl (C=O) groups excluding carboxylic acids is 1. The van der Waals surface area contributed by atoms with E-state index < -0.39 is 0 Å². The second-order valence-electron chi connectivity index (χ2n) is 6.08. The number of unbranched alkanes of at least 4 members (excludes halogenated alkanes) is 1. The van der Waals surface area contributed by atoms with Gasteiger partial charge in [-0.25, -0.2) is 4.98 Å². The fourth-order valence-corrected chi connectivity index (χ4v) is 2.76. The number of piperazine rings is 1. The molecule has 2 heterocycles. The molecule has 138 valence electrons. The molecule has 1 fully saturated rings. The lowest BCUT2D eigenvalue weighted by Gasteiger charge is -2.36. The van der Waals surface area contributed by atoms with Crippen LogP contribution in [0.1, 0.15) is 26.7 Å². The van der Waals surface area contributed by atoms with Gasteiger partial charge < -0.3 is 20.4 Å². The van der Waals surface area contributed by atoms with E-state index in [0.717, 1.165) is 70.4 Å². The second kappa shape index (κ2) is 10.5. The monoisotopic (exact) mass is 346 g/mol. The average molecular weight is 346 g/mol. The first-order chi connectivity index (χ1) is 12.2. The van der Waals surface area contributed by atoms with Crippen molar-refractivity contribution in [1.82, 2.24) is 20.1 Å². The summed E-state index contributed by atoms with van der Waals surface area (Å²) in [5.41, 5.74) is 0. The van der Waals surface area contributed by atoms with Crippen LogP contribution >= 0.6 is 0 Å². The Labute approximate surface area is 150 Å². The number of aromatic nitrogens is 1. The Balaban J connectivity index is 1.69. The van der Waals surface area contributed by atoms with E-state index in [1.165, 1.54) is 0 Å². The maximum Gasteiger partial charge on any atom is 0.219 e. The number of anilines is 1. The number of hydrogen-bond donors (Lipinski definition) is 2. The molecule has 25 heavy (non-hydrogen) atoms. The number of pyridine rings is 1. The normalized spacial score (nSPS) is 15.2. The van der Waals surface area contributed by atoms with Gasteiger partial charge in [0.05, 0.1) is 0 Å². The Hall–Kier alpha value is -2.31. The smallest absolute Gasteiger partial charge is 0.219 e. The minimum atomic E-state index is 0.155. The SMILES string of the molecule is CCNC(=NCCCCNc1ccccn1)N1CCN(C(C)=O)CC1. The first-order valence-electron chi connectivity index (χ1n) is 9.14. The molecule has 0 bridgehead atoms. The molecular weight excluding hydrogens is 316 g/mol. The average Bonchev–Trinajstić information content (AvgIpc) is 2.64. The van der Waals surface area contributed by atoms with Crippen LogP contribution in [0.25, 0.3) is 0 Å². The number of rotatable bonds is 7. The molecule has 0 radical (unpaired) electrons. The first-order valence-corrected chi connectivity index (χ1v) is 9.14. The lowest BCUT2D eigenvalue weighted by atomic mass is 10.3. The Morgan fingerprint density at radius 1 is 1.20 bits per heavy atom. The van der Waals surface area contributed by atoms with Gasteiger partial charge in [-0.2, -0.15) is 0 Å². The second-order valence-corrected chi connectivity index (χ2v) is 6.08. The number of nitrogens with zero attached hydrogens (tertiary/aromatic N) is 4. The Bertz CT molecular complexity index is 540. The standard InChI is InChI=1S/C18H30N6O/c1-3-19-18(24-14-12-23(13-15-24)16(2)25)22-11-7-6-10-21-17-8-4-5-9-20-17/h4-5,8-9H,3,6-7,10-15H2,1-2H3,(H,19,22)(H,20,21). The summed E-state index contributed by atoms with van der Waals surface area (Å²) in [5.74, 6) is 2.04. The number of guanidine groups is 1. The summed E-state index contributed by atoms with van der Waals surface area (Å²) >= 11 is 0. The molecule has 1 aliphatic rings. The maximum atomic E-state index is 11.4. The van der Waals surface area contributed by atoms with Crippen molar-refractivity contribution in [1.29, 1.82) is 0 Å². The van der Waals surface area contributed by atoms with Gasteiger partial charge in [0.25, 0.3) is 0 Å². The molecule has 1 aliphatic heterocycles. The van der Waals surface area contributed by atoms with E-state index in [2.05, 4.69) is 27.4 Å². The van der Waals surface area contributed by atoms with E-state index in [1.54, 1.807) is 13.1 Å². The topological polar surface area (TPSA) is 72.9 Å². The number of amides is 1. The van der Waals surface area contributed by atoms with E-state index in [-0.39, 0.29) is 5.91 Å². The predicted octanol–water partition coefficient (Wildman–Crippen LogP) is 1.40. The molecule has 0 aromatic carbocycles. The molecular formula is C18H30N6O. The molecule has 2 N–H and O–H groups in total. The quantitative estimate of drug-likeness (QED) is 0.444. The number of carbonyl (C=O) groups is 1. The molecule has 0 spiro atoms. The maximum absolute atomic E-state index is 11.4. The van der Waals surface area contributed by atoms with Gasteiger partial charge in [0.15, 0.2) is 5.96 Å². The fraction of sp³-hybridized carbons (Fsp3) is 0.611. The molecule has 2 rings (SSSR count). The van der Waals surface area contributed by atoms with Crippen molar-refractivity contribution in [2.75, 3.05) is 51.1 Å². The van der Waals surface area contributed by atoms with Gasteiger partial charge in [-0.15, -0.1) is 0 Å². The fourth-order valence-electron chi connectivity index (χ4n) is 2.76. The van der Waals surface area contributed by atoms with Crippen molar-refractivity contribution in [2.24, 2.45) is 4.99 Å². The van der Waals surface area contributed by atoms with Crippen LogP contribution in [-0.2, 0) is 4.79 Å². The molecule has 0 atom stereocenters. The van der Waals surface area contributed by atoms with Crippen molar-refractivity contribution in [3.05, 3.63) is 24.4 Å². The van der Waals surface area contributed by atoms with E-state index in [1.807, 2.05) is 23.1 Å². The number of aliphatic imine (C=N–C) groups is 1.